The Morgan fingerprint density at radius 1 is 1.27 bits per heavy atom. The maximum atomic E-state index is 12.8. The predicted molar refractivity (Wildman–Crippen MR) is 76.9 cm³/mol. The number of ether oxygens (including phenoxy) is 3. The van der Waals surface area contributed by atoms with E-state index in [0.29, 0.717) is 25.5 Å². The molecule has 0 bridgehead atoms. The number of nitrogens with zero attached hydrogens (tertiary/aromatic N) is 1. The van der Waals surface area contributed by atoms with E-state index >= 15 is 0 Å². The molecule has 2 heterocycles. The Bertz CT molecular complexity index is 501. The molecule has 0 aliphatic carbocycles. The molecule has 3 rings (SSSR count). The number of rotatable bonds is 4. The number of carbonyl (C=O) groups excluding carboxylic acids is 1. The van der Waals surface area contributed by atoms with Gasteiger partial charge in [-0.3, -0.25) is 4.79 Å². The molecule has 0 radical (unpaired) electrons. The Morgan fingerprint density at radius 3 is 2.73 bits per heavy atom. The zero-order valence-corrected chi connectivity index (χ0v) is 12.4. The number of hydrogen-bond donors (Lipinski definition) is 0. The number of amides is 1. The molecule has 0 spiro atoms. The molecule has 1 aromatic carbocycles. The highest BCUT2D eigenvalue weighted by Crippen LogP contribution is 2.25. The van der Waals surface area contributed by atoms with E-state index in [1.165, 1.54) is 24.3 Å². The van der Waals surface area contributed by atoms with Crippen molar-refractivity contribution in [3.8, 4) is 5.75 Å². The highest BCUT2D eigenvalue weighted by atomic mass is 19.1. The number of likely N-dealkylation sites (tertiary alicyclic amines) is 1. The van der Waals surface area contributed by atoms with Gasteiger partial charge < -0.3 is 19.1 Å². The summed E-state index contributed by atoms with van der Waals surface area (Å²) in [4.78, 5) is 14.0. The molecular weight excluding hydrogens is 289 g/mol. The summed E-state index contributed by atoms with van der Waals surface area (Å²) < 4.78 is 29.3. The van der Waals surface area contributed by atoms with Crippen LogP contribution in [0.1, 0.15) is 12.8 Å². The first-order valence-electron chi connectivity index (χ1n) is 7.62. The lowest BCUT2D eigenvalue weighted by molar-refractivity contribution is -0.141. The van der Waals surface area contributed by atoms with Crippen molar-refractivity contribution >= 4 is 5.91 Å². The van der Waals surface area contributed by atoms with Gasteiger partial charge in [0.1, 0.15) is 11.6 Å². The molecule has 0 aromatic heterocycles. The topological polar surface area (TPSA) is 48.0 Å². The van der Waals surface area contributed by atoms with Crippen molar-refractivity contribution in [2.75, 3.05) is 32.9 Å². The Kier molecular flexibility index (Phi) is 4.90. The second kappa shape index (κ2) is 7.07. The summed E-state index contributed by atoms with van der Waals surface area (Å²) in [6.07, 6.45) is 1.76. The summed E-state index contributed by atoms with van der Waals surface area (Å²) in [7, 11) is 0. The summed E-state index contributed by atoms with van der Waals surface area (Å²) in [5, 5.41) is 0. The molecule has 1 amide bonds. The van der Waals surface area contributed by atoms with Gasteiger partial charge in [-0.25, -0.2) is 4.39 Å². The van der Waals surface area contributed by atoms with Crippen LogP contribution in [0.15, 0.2) is 24.3 Å². The molecule has 6 heteroatoms. The van der Waals surface area contributed by atoms with Gasteiger partial charge >= 0.3 is 0 Å². The van der Waals surface area contributed by atoms with Gasteiger partial charge in [-0.1, -0.05) is 0 Å². The fourth-order valence-electron chi connectivity index (χ4n) is 2.87. The lowest BCUT2D eigenvalue weighted by Crippen LogP contribution is -2.45. The van der Waals surface area contributed by atoms with Crippen LogP contribution < -0.4 is 4.74 Å². The van der Waals surface area contributed by atoms with E-state index in [2.05, 4.69) is 0 Å². The number of carbonyl (C=O) groups is 1. The fraction of sp³-hybridized carbons (Fsp3) is 0.562. The van der Waals surface area contributed by atoms with Crippen LogP contribution in [0.5, 0.6) is 5.75 Å². The summed E-state index contributed by atoms with van der Waals surface area (Å²) in [5.41, 5.74) is 0. The minimum atomic E-state index is -0.325. The van der Waals surface area contributed by atoms with Gasteiger partial charge in [0.25, 0.3) is 5.91 Å². The highest BCUT2D eigenvalue weighted by Gasteiger charge is 2.32. The minimum absolute atomic E-state index is 0.0370. The lowest BCUT2D eigenvalue weighted by Gasteiger charge is -2.34. The smallest absolute Gasteiger partial charge is 0.260 e. The van der Waals surface area contributed by atoms with Gasteiger partial charge in [-0.15, -0.1) is 0 Å². The molecule has 0 N–H and O–H groups in total. The lowest BCUT2D eigenvalue weighted by atomic mass is 9.97. The molecule has 2 saturated heterocycles. The average molecular weight is 309 g/mol. The number of piperidine rings is 1. The quantitative estimate of drug-likeness (QED) is 0.851. The van der Waals surface area contributed by atoms with Gasteiger partial charge in [-0.05, 0) is 37.1 Å². The molecule has 0 saturated carbocycles. The van der Waals surface area contributed by atoms with Crippen LogP contribution in [0.3, 0.4) is 0 Å². The number of hydrogen-bond acceptors (Lipinski definition) is 4. The second-order valence-corrected chi connectivity index (χ2v) is 5.59. The van der Waals surface area contributed by atoms with Crippen molar-refractivity contribution in [2.24, 2.45) is 5.92 Å². The van der Waals surface area contributed by atoms with Crippen molar-refractivity contribution < 1.29 is 23.4 Å². The third kappa shape index (κ3) is 3.75. The van der Waals surface area contributed by atoms with E-state index in [9.17, 15) is 9.18 Å². The van der Waals surface area contributed by atoms with E-state index in [-0.39, 0.29) is 30.5 Å². The Labute approximate surface area is 128 Å². The molecule has 2 fully saturated rings. The summed E-state index contributed by atoms with van der Waals surface area (Å²) in [6.45, 7) is 2.58. The molecule has 2 aliphatic rings. The zero-order valence-electron chi connectivity index (χ0n) is 12.4. The minimum Gasteiger partial charge on any atom is -0.484 e. The largest absolute Gasteiger partial charge is 0.484 e. The molecule has 1 aromatic rings. The molecule has 2 aliphatic heterocycles. The summed E-state index contributed by atoms with van der Waals surface area (Å²) in [5.74, 6) is 0.331. The van der Waals surface area contributed by atoms with Gasteiger partial charge in [0.15, 0.2) is 12.9 Å². The SMILES string of the molecule is O=C(COc1ccc(F)cc1)N1CCC[C@@H](C2OCCO2)C1. The van der Waals surface area contributed by atoms with Crippen LogP contribution in [0.2, 0.25) is 0 Å². The number of benzene rings is 1. The van der Waals surface area contributed by atoms with Gasteiger partial charge in [0.05, 0.1) is 13.2 Å². The molecule has 120 valence electrons. The molecule has 22 heavy (non-hydrogen) atoms. The predicted octanol–water partition coefficient (Wildman–Crippen LogP) is 1.82. The van der Waals surface area contributed by atoms with Crippen molar-refractivity contribution in [3.05, 3.63) is 30.1 Å². The van der Waals surface area contributed by atoms with E-state index in [1.807, 2.05) is 0 Å². The summed E-state index contributed by atoms with van der Waals surface area (Å²) in [6, 6.07) is 5.65. The molecule has 0 unspecified atom stereocenters. The van der Waals surface area contributed by atoms with E-state index < -0.39 is 0 Å². The van der Waals surface area contributed by atoms with E-state index in [4.69, 9.17) is 14.2 Å². The van der Waals surface area contributed by atoms with Crippen LogP contribution >= 0.6 is 0 Å². The molecular formula is C16H20FNO4. The van der Waals surface area contributed by atoms with Gasteiger partial charge in [0.2, 0.25) is 0 Å². The average Bonchev–Trinajstić information content (AvgIpc) is 3.09. The van der Waals surface area contributed by atoms with Crippen molar-refractivity contribution in [1.82, 2.24) is 4.90 Å². The first-order valence-corrected chi connectivity index (χ1v) is 7.62. The third-order valence-electron chi connectivity index (χ3n) is 4.02. The van der Waals surface area contributed by atoms with Crippen LogP contribution in [0, 0.1) is 11.7 Å². The Balaban J connectivity index is 1.49. The maximum Gasteiger partial charge on any atom is 0.260 e. The standard InChI is InChI=1S/C16H20FNO4/c17-13-3-5-14(6-4-13)22-11-15(19)18-7-1-2-12(10-18)16-20-8-9-21-16/h3-6,12,16H,1-2,7-11H2/t12-/m1/s1. The van der Waals surface area contributed by atoms with Crippen molar-refractivity contribution in [3.63, 3.8) is 0 Å². The second-order valence-electron chi connectivity index (χ2n) is 5.59. The van der Waals surface area contributed by atoms with Gasteiger partial charge in [0, 0.05) is 19.0 Å². The van der Waals surface area contributed by atoms with E-state index in [0.717, 1.165) is 19.4 Å². The molecule has 1 atom stereocenters. The highest BCUT2D eigenvalue weighted by molar-refractivity contribution is 5.77. The third-order valence-corrected chi connectivity index (χ3v) is 4.02. The van der Waals surface area contributed by atoms with E-state index in [1.54, 1.807) is 4.90 Å². The Hall–Kier alpha value is -1.66. The van der Waals surface area contributed by atoms with Crippen molar-refractivity contribution in [1.29, 1.82) is 0 Å². The summed E-state index contributed by atoms with van der Waals surface area (Å²) >= 11 is 0. The molecule has 5 nitrogen and oxygen atoms in total. The first-order chi connectivity index (χ1) is 10.7. The Morgan fingerprint density at radius 2 is 2.00 bits per heavy atom. The normalized spacial score (nSPS) is 22.8. The maximum absolute atomic E-state index is 12.8. The number of halogens is 1. The monoisotopic (exact) mass is 309 g/mol. The zero-order chi connectivity index (χ0) is 15.4. The van der Waals surface area contributed by atoms with Crippen LogP contribution in [-0.2, 0) is 14.3 Å². The van der Waals surface area contributed by atoms with Crippen molar-refractivity contribution in [2.45, 2.75) is 19.1 Å². The van der Waals surface area contributed by atoms with Gasteiger partial charge in [-0.2, -0.15) is 0 Å². The van der Waals surface area contributed by atoms with Crippen LogP contribution in [0.25, 0.3) is 0 Å². The van der Waals surface area contributed by atoms with Crippen LogP contribution in [0.4, 0.5) is 4.39 Å². The first kappa shape index (κ1) is 15.2. The fourth-order valence-corrected chi connectivity index (χ4v) is 2.87. The van der Waals surface area contributed by atoms with Crippen LogP contribution in [-0.4, -0.2) is 50.0 Å².